The number of nitrogens with zero attached hydrogens (tertiary/aromatic N) is 2. The molecular weight excluding hydrogens is 404 g/mol. The van der Waals surface area contributed by atoms with Crippen LogP contribution in [0.25, 0.3) is 0 Å². The van der Waals surface area contributed by atoms with E-state index in [1.165, 1.54) is 4.90 Å². The van der Waals surface area contributed by atoms with Crippen molar-refractivity contribution in [1.82, 2.24) is 4.90 Å². The SMILES string of the molecule is CCOC(=O)c1sc2c(c1C)C(=O)N(CC(C)(C)O)C(O)N2CCc1ccccc1. The lowest BCUT2D eigenvalue weighted by molar-refractivity contribution is -0.0382. The van der Waals surface area contributed by atoms with Gasteiger partial charge in [-0.05, 0) is 45.2 Å². The molecule has 8 heteroatoms. The summed E-state index contributed by atoms with van der Waals surface area (Å²) >= 11 is 1.16. The highest BCUT2D eigenvalue weighted by atomic mass is 32.1. The number of amides is 1. The van der Waals surface area contributed by atoms with E-state index in [0.717, 1.165) is 16.9 Å². The fourth-order valence-electron chi connectivity index (χ4n) is 3.55. The standard InChI is InChI=1S/C22H28N2O5S/c1-5-29-20(26)17-14(2)16-18(25)24(13-22(3,4)28)21(27)23(19(16)30-17)12-11-15-9-7-6-8-10-15/h6-10,21,27-28H,5,11-13H2,1-4H3. The molecule has 2 aromatic rings. The van der Waals surface area contributed by atoms with E-state index in [1.807, 2.05) is 30.3 Å². The van der Waals surface area contributed by atoms with Crippen LogP contribution in [0.3, 0.4) is 0 Å². The van der Waals surface area contributed by atoms with E-state index in [1.54, 1.807) is 32.6 Å². The third-order valence-corrected chi connectivity index (χ3v) is 6.23. The van der Waals surface area contributed by atoms with Crippen molar-refractivity contribution in [3.05, 3.63) is 51.9 Å². The van der Waals surface area contributed by atoms with Gasteiger partial charge in [-0.3, -0.25) is 9.69 Å². The Morgan fingerprint density at radius 2 is 1.90 bits per heavy atom. The zero-order valence-corrected chi connectivity index (χ0v) is 18.5. The van der Waals surface area contributed by atoms with Gasteiger partial charge in [0.15, 0.2) is 0 Å². The van der Waals surface area contributed by atoms with Gasteiger partial charge in [-0.15, -0.1) is 11.3 Å². The predicted molar refractivity (Wildman–Crippen MR) is 116 cm³/mol. The molecule has 1 atom stereocenters. The zero-order chi connectivity index (χ0) is 22.1. The van der Waals surface area contributed by atoms with Crippen LogP contribution in [0, 0.1) is 6.92 Å². The fourth-order valence-corrected chi connectivity index (χ4v) is 4.78. The van der Waals surface area contributed by atoms with E-state index in [2.05, 4.69) is 0 Å². The Balaban J connectivity index is 2.01. The van der Waals surface area contributed by atoms with Crippen LogP contribution in [-0.4, -0.2) is 58.6 Å². The van der Waals surface area contributed by atoms with Crippen molar-refractivity contribution in [3.8, 4) is 0 Å². The molecule has 0 saturated heterocycles. The van der Waals surface area contributed by atoms with Crippen LogP contribution >= 0.6 is 11.3 Å². The summed E-state index contributed by atoms with van der Waals surface area (Å²) in [7, 11) is 0. The van der Waals surface area contributed by atoms with Crippen LogP contribution in [0.15, 0.2) is 30.3 Å². The minimum atomic E-state index is -1.24. The molecule has 3 rings (SSSR count). The number of hydrogen-bond acceptors (Lipinski definition) is 7. The molecule has 162 valence electrons. The molecule has 1 aromatic carbocycles. The van der Waals surface area contributed by atoms with Gasteiger partial charge in [0.25, 0.3) is 5.91 Å². The van der Waals surface area contributed by atoms with Crippen molar-refractivity contribution in [2.24, 2.45) is 0 Å². The number of ether oxygens (including phenoxy) is 1. The molecule has 1 aliphatic heterocycles. The Morgan fingerprint density at radius 1 is 1.23 bits per heavy atom. The van der Waals surface area contributed by atoms with Crippen LogP contribution in [-0.2, 0) is 11.2 Å². The monoisotopic (exact) mass is 432 g/mol. The summed E-state index contributed by atoms with van der Waals surface area (Å²) in [6.45, 7) is 7.25. The second-order valence-corrected chi connectivity index (χ2v) is 8.98. The van der Waals surface area contributed by atoms with Gasteiger partial charge in [-0.1, -0.05) is 30.3 Å². The number of aliphatic hydroxyl groups excluding tert-OH is 1. The molecule has 2 N–H and O–H groups in total. The highest BCUT2D eigenvalue weighted by Crippen LogP contribution is 2.41. The van der Waals surface area contributed by atoms with Gasteiger partial charge in [-0.25, -0.2) is 4.79 Å². The van der Waals surface area contributed by atoms with E-state index in [-0.39, 0.29) is 13.2 Å². The first-order valence-electron chi connectivity index (χ1n) is 9.96. The molecule has 0 spiro atoms. The van der Waals surface area contributed by atoms with Crippen LogP contribution in [0.4, 0.5) is 5.00 Å². The number of β-amino-alcohol motifs (C(OH)–C–C–N with tert-alkyl or cyclic N) is 1. The number of anilines is 1. The molecule has 30 heavy (non-hydrogen) atoms. The first-order valence-corrected chi connectivity index (χ1v) is 10.8. The van der Waals surface area contributed by atoms with E-state index in [9.17, 15) is 19.8 Å². The Bertz CT molecular complexity index is 920. The lowest BCUT2D eigenvalue weighted by Crippen LogP contribution is -2.58. The average molecular weight is 433 g/mol. The van der Waals surface area contributed by atoms with Crippen LogP contribution in [0.2, 0.25) is 0 Å². The Morgan fingerprint density at radius 3 is 2.50 bits per heavy atom. The maximum absolute atomic E-state index is 13.2. The fraction of sp³-hybridized carbons (Fsp3) is 0.455. The number of hydrogen-bond donors (Lipinski definition) is 2. The summed E-state index contributed by atoms with van der Waals surface area (Å²) in [6.07, 6.45) is -0.596. The summed E-state index contributed by atoms with van der Waals surface area (Å²) in [6, 6.07) is 9.84. The highest BCUT2D eigenvalue weighted by molar-refractivity contribution is 7.18. The molecule has 1 aliphatic rings. The van der Waals surface area contributed by atoms with E-state index in [4.69, 9.17) is 4.74 Å². The molecule has 1 unspecified atom stereocenters. The maximum Gasteiger partial charge on any atom is 0.348 e. The summed E-state index contributed by atoms with van der Waals surface area (Å²) < 4.78 is 5.15. The quantitative estimate of drug-likeness (QED) is 0.654. The molecular formula is C22H28N2O5S. The van der Waals surface area contributed by atoms with Gasteiger partial charge in [0.2, 0.25) is 6.35 Å². The highest BCUT2D eigenvalue weighted by Gasteiger charge is 2.42. The molecule has 1 aromatic heterocycles. The summed E-state index contributed by atoms with van der Waals surface area (Å²) in [5, 5.41) is 21.9. The van der Waals surface area contributed by atoms with E-state index < -0.39 is 23.8 Å². The predicted octanol–water partition coefficient (Wildman–Crippen LogP) is 2.78. The number of esters is 1. The second kappa shape index (κ2) is 8.75. The third kappa shape index (κ3) is 4.50. The number of benzene rings is 1. The third-order valence-electron chi connectivity index (χ3n) is 4.92. The average Bonchev–Trinajstić information content (AvgIpc) is 3.03. The van der Waals surface area contributed by atoms with Gasteiger partial charge in [0.05, 0.1) is 24.3 Å². The molecule has 0 radical (unpaired) electrons. The van der Waals surface area contributed by atoms with Crippen molar-refractivity contribution in [1.29, 1.82) is 0 Å². The van der Waals surface area contributed by atoms with Gasteiger partial charge in [-0.2, -0.15) is 0 Å². The van der Waals surface area contributed by atoms with Crippen molar-refractivity contribution in [2.75, 3.05) is 24.6 Å². The minimum Gasteiger partial charge on any atom is -0.462 e. The Kier molecular flexibility index (Phi) is 6.50. The summed E-state index contributed by atoms with van der Waals surface area (Å²) in [5.74, 6) is -0.881. The molecule has 0 saturated carbocycles. The van der Waals surface area contributed by atoms with Crippen LogP contribution in [0.1, 0.15) is 51.9 Å². The molecule has 1 amide bonds. The molecule has 2 heterocycles. The summed E-state index contributed by atoms with van der Waals surface area (Å²) in [5.41, 5.74) is 0.824. The number of rotatable bonds is 7. The smallest absolute Gasteiger partial charge is 0.348 e. The number of fused-ring (bicyclic) bond motifs is 1. The number of carbonyl (C=O) groups is 2. The van der Waals surface area contributed by atoms with Crippen LogP contribution in [0.5, 0.6) is 0 Å². The van der Waals surface area contributed by atoms with Crippen LogP contribution < -0.4 is 4.90 Å². The van der Waals surface area contributed by atoms with Gasteiger partial charge >= 0.3 is 5.97 Å². The maximum atomic E-state index is 13.2. The Hall–Kier alpha value is -2.42. The summed E-state index contributed by atoms with van der Waals surface area (Å²) in [4.78, 5) is 29.0. The normalized spacial score (nSPS) is 16.6. The van der Waals surface area contributed by atoms with Gasteiger partial charge in [0.1, 0.15) is 9.88 Å². The van der Waals surface area contributed by atoms with Crippen molar-refractivity contribution in [2.45, 2.75) is 46.1 Å². The van der Waals surface area contributed by atoms with Gasteiger partial charge < -0.3 is 19.8 Å². The lowest BCUT2D eigenvalue weighted by Gasteiger charge is -2.43. The molecule has 0 fully saturated rings. The zero-order valence-electron chi connectivity index (χ0n) is 17.7. The van der Waals surface area contributed by atoms with E-state index >= 15 is 0 Å². The topological polar surface area (TPSA) is 90.3 Å². The lowest BCUT2D eigenvalue weighted by atomic mass is 10.0. The first kappa shape index (κ1) is 22.3. The van der Waals surface area contributed by atoms with Crippen molar-refractivity contribution in [3.63, 3.8) is 0 Å². The molecule has 7 nitrogen and oxygen atoms in total. The minimum absolute atomic E-state index is 0.0433. The van der Waals surface area contributed by atoms with E-state index in [0.29, 0.717) is 34.0 Å². The van der Waals surface area contributed by atoms with Crippen molar-refractivity contribution >= 4 is 28.2 Å². The Labute approximate surface area is 180 Å². The van der Waals surface area contributed by atoms with Crippen molar-refractivity contribution < 1.29 is 24.5 Å². The first-order chi connectivity index (χ1) is 14.1. The van der Waals surface area contributed by atoms with Gasteiger partial charge in [0, 0.05) is 6.54 Å². The number of carbonyl (C=O) groups excluding carboxylic acids is 2. The second-order valence-electron chi connectivity index (χ2n) is 7.98. The largest absolute Gasteiger partial charge is 0.462 e. The number of thiophene rings is 1. The molecule has 0 aliphatic carbocycles. The molecule has 0 bridgehead atoms. The number of aliphatic hydroxyl groups is 2.